The lowest BCUT2D eigenvalue weighted by molar-refractivity contribution is -0.140. The largest absolute Gasteiger partial charge is 0.480 e. The predicted octanol–water partition coefficient (Wildman–Crippen LogP) is -1.38. The van der Waals surface area contributed by atoms with Crippen LogP contribution in [0.4, 0.5) is 4.79 Å². The average Bonchev–Trinajstić information content (AvgIpc) is 2.68. The number of nitrogens with one attached hydrogen (secondary N) is 2. The molecule has 0 bridgehead atoms. The number of amides is 2. The number of aromatic nitrogens is 2. The number of hydrogen-bond donors (Lipinski definition) is 4. The van der Waals surface area contributed by atoms with E-state index < -0.39 is 24.6 Å². The second-order valence-corrected chi connectivity index (χ2v) is 3.13. The topological polar surface area (TPSA) is 138 Å². The Balaban J connectivity index is 2.37. The van der Waals surface area contributed by atoms with E-state index in [1.54, 1.807) is 6.92 Å². The van der Waals surface area contributed by atoms with E-state index in [9.17, 15) is 9.59 Å². The first-order chi connectivity index (χ1) is 8.02. The van der Waals surface area contributed by atoms with Gasteiger partial charge in [-0.25, -0.2) is 9.59 Å². The number of carbonyl (C=O) groups is 2. The van der Waals surface area contributed by atoms with Gasteiger partial charge >= 0.3 is 12.0 Å². The molecule has 1 unspecified atom stereocenters. The van der Waals surface area contributed by atoms with Gasteiger partial charge < -0.3 is 25.4 Å². The first-order valence-corrected chi connectivity index (χ1v) is 4.70. The van der Waals surface area contributed by atoms with Crippen LogP contribution in [0.1, 0.15) is 11.7 Å². The Bertz CT molecular complexity index is 404. The molecule has 1 aromatic heterocycles. The molecule has 9 heteroatoms. The van der Waals surface area contributed by atoms with Gasteiger partial charge in [0, 0.05) is 6.92 Å². The van der Waals surface area contributed by atoms with Crippen molar-refractivity contribution >= 4 is 12.0 Å². The summed E-state index contributed by atoms with van der Waals surface area (Å²) >= 11 is 0. The van der Waals surface area contributed by atoms with Crippen LogP contribution in [0.15, 0.2) is 4.52 Å². The lowest BCUT2D eigenvalue weighted by Crippen LogP contribution is -2.47. The van der Waals surface area contributed by atoms with E-state index in [0.717, 1.165) is 0 Å². The number of rotatable bonds is 5. The fourth-order valence-electron chi connectivity index (χ4n) is 0.967. The SMILES string of the molecule is Cc1nc(CNC(=O)NC(CO)C(=O)O)no1. The molecule has 0 spiro atoms. The van der Waals surface area contributed by atoms with E-state index in [4.69, 9.17) is 10.2 Å². The second-order valence-electron chi connectivity index (χ2n) is 3.13. The molecule has 1 rings (SSSR count). The molecule has 1 atom stereocenters. The minimum absolute atomic E-state index is 0.000933. The molecule has 0 aliphatic heterocycles. The van der Waals surface area contributed by atoms with Crippen LogP contribution in [-0.2, 0) is 11.3 Å². The number of aliphatic hydroxyl groups excluding tert-OH is 1. The first-order valence-electron chi connectivity index (χ1n) is 4.70. The Morgan fingerprint density at radius 2 is 2.24 bits per heavy atom. The van der Waals surface area contributed by atoms with Gasteiger partial charge in [-0.15, -0.1) is 0 Å². The maximum atomic E-state index is 11.2. The van der Waals surface area contributed by atoms with Gasteiger partial charge in [0.25, 0.3) is 0 Å². The van der Waals surface area contributed by atoms with E-state index in [1.807, 2.05) is 0 Å². The van der Waals surface area contributed by atoms with Crippen LogP contribution in [0.25, 0.3) is 0 Å². The van der Waals surface area contributed by atoms with Gasteiger partial charge in [0.05, 0.1) is 13.2 Å². The van der Waals surface area contributed by atoms with Crippen molar-refractivity contribution in [1.82, 2.24) is 20.8 Å². The lowest BCUT2D eigenvalue weighted by atomic mass is 10.3. The van der Waals surface area contributed by atoms with Crippen molar-refractivity contribution in [3.8, 4) is 0 Å². The zero-order valence-corrected chi connectivity index (χ0v) is 9.01. The molecular weight excluding hydrogens is 232 g/mol. The molecule has 0 radical (unpaired) electrons. The number of hydrogen-bond acceptors (Lipinski definition) is 6. The summed E-state index contributed by atoms with van der Waals surface area (Å²) in [6, 6.07) is -2.09. The summed E-state index contributed by atoms with van der Waals surface area (Å²) in [6.07, 6.45) is 0. The lowest BCUT2D eigenvalue weighted by Gasteiger charge is -2.11. The Hall–Kier alpha value is -2.16. The summed E-state index contributed by atoms with van der Waals surface area (Å²) in [6.45, 7) is 0.911. The Kier molecular flexibility index (Phi) is 4.40. The van der Waals surface area contributed by atoms with E-state index in [-0.39, 0.29) is 12.4 Å². The quantitative estimate of drug-likeness (QED) is 0.501. The first kappa shape index (κ1) is 12.9. The van der Waals surface area contributed by atoms with Gasteiger partial charge in [-0.3, -0.25) is 0 Å². The Morgan fingerprint density at radius 1 is 1.53 bits per heavy atom. The number of carboxylic acids is 1. The van der Waals surface area contributed by atoms with Gasteiger partial charge in [0.2, 0.25) is 5.89 Å². The number of aryl methyl sites for hydroxylation is 1. The van der Waals surface area contributed by atoms with E-state index in [0.29, 0.717) is 5.89 Å². The highest BCUT2D eigenvalue weighted by molar-refractivity contribution is 5.82. The molecule has 4 N–H and O–H groups in total. The molecule has 0 aliphatic rings. The highest BCUT2D eigenvalue weighted by Crippen LogP contribution is 1.93. The molecule has 1 heterocycles. The number of carboxylic acid groups (broad SMARTS) is 1. The van der Waals surface area contributed by atoms with Gasteiger partial charge in [-0.2, -0.15) is 4.98 Å². The van der Waals surface area contributed by atoms with Crippen molar-refractivity contribution in [2.24, 2.45) is 0 Å². The summed E-state index contributed by atoms with van der Waals surface area (Å²) in [5.74, 6) is -0.687. The van der Waals surface area contributed by atoms with Crippen molar-refractivity contribution in [3.05, 3.63) is 11.7 Å². The molecular formula is C8H12N4O5. The van der Waals surface area contributed by atoms with Gasteiger partial charge in [-0.05, 0) is 0 Å². The standard InChI is InChI=1S/C8H12N4O5/c1-4-10-6(12-17-4)2-9-8(16)11-5(3-13)7(14)15/h5,13H,2-3H2,1H3,(H,14,15)(H2,9,11,16). The van der Waals surface area contributed by atoms with Crippen molar-refractivity contribution in [3.63, 3.8) is 0 Å². The highest BCUT2D eigenvalue weighted by Gasteiger charge is 2.18. The molecule has 0 aliphatic carbocycles. The molecule has 1 aromatic rings. The molecule has 0 saturated heterocycles. The van der Waals surface area contributed by atoms with Crippen LogP contribution >= 0.6 is 0 Å². The zero-order chi connectivity index (χ0) is 12.8. The number of carbonyl (C=O) groups excluding carboxylic acids is 1. The molecule has 2 amide bonds. The Labute approximate surface area is 95.8 Å². The molecule has 17 heavy (non-hydrogen) atoms. The van der Waals surface area contributed by atoms with Crippen LogP contribution in [0.2, 0.25) is 0 Å². The Morgan fingerprint density at radius 3 is 2.71 bits per heavy atom. The number of urea groups is 1. The zero-order valence-electron chi connectivity index (χ0n) is 9.01. The van der Waals surface area contributed by atoms with Gasteiger partial charge in [0.1, 0.15) is 0 Å². The van der Waals surface area contributed by atoms with Crippen LogP contribution in [0, 0.1) is 6.92 Å². The van der Waals surface area contributed by atoms with Gasteiger partial charge in [-0.1, -0.05) is 5.16 Å². The minimum Gasteiger partial charge on any atom is -0.480 e. The monoisotopic (exact) mass is 244 g/mol. The van der Waals surface area contributed by atoms with Crippen LogP contribution < -0.4 is 10.6 Å². The number of aliphatic hydroxyl groups is 1. The number of aliphatic carboxylic acids is 1. The van der Waals surface area contributed by atoms with E-state index >= 15 is 0 Å². The summed E-state index contributed by atoms with van der Waals surface area (Å²) in [4.78, 5) is 25.5. The third-order valence-electron chi connectivity index (χ3n) is 1.76. The van der Waals surface area contributed by atoms with Crippen molar-refractivity contribution in [2.75, 3.05) is 6.61 Å². The highest BCUT2D eigenvalue weighted by atomic mass is 16.5. The number of nitrogens with zero attached hydrogens (tertiary/aromatic N) is 2. The van der Waals surface area contributed by atoms with Crippen LogP contribution in [-0.4, -0.2) is 45.0 Å². The summed E-state index contributed by atoms with van der Waals surface area (Å²) in [7, 11) is 0. The normalized spacial score (nSPS) is 11.9. The molecule has 0 aromatic carbocycles. The third kappa shape index (κ3) is 4.07. The maximum Gasteiger partial charge on any atom is 0.328 e. The fourth-order valence-corrected chi connectivity index (χ4v) is 0.967. The second kappa shape index (κ2) is 5.80. The van der Waals surface area contributed by atoms with E-state index in [1.165, 1.54) is 0 Å². The van der Waals surface area contributed by atoms with E-state index in [2.05, 4.69) is 25.3 Å². The summed E-state index contributed by atoms with van der Waals surface area (Å²) < 4.78 is 4.67. The molecule has 94 valence electrons. The van der Waals surface area contributed by atoms with Gasteiger partial charge in [0.15, 0.2) is 11.9 Å². The van der Waals surface area contributed by atoms with Crippen molar-refractivity contribution in [1.29, 1.82) is 0 Å². The maximum absolute atomic E-state index is 11.2. The van der Waals surface area contributed by atoms with Crippen molar-refractivity contribution < 1.29 is 24.3 Å². The predicted molar refractivity (Wildman–Crippen MR) is 52.9 cm³/mol. The third-order valence-corrected chi connectivity index (χ3v) is 1.76. The summed E-state index contributed by atoms with van der Waals surface area (Å²) in [5.41, 5.74) is 0. The smallest absolute Gasteiger partial charge is 0.328 e. The minimum atomic E-state index is -1.35. The van der Waals surface area contributed by atoms with Crippen LogP contribution in [0.3, 0.4) is 0 Å². The fraction of sp³-hybridized carbons (Fsp3) is 0.500. The molecule has 0 saturated carbocycles. The van der Waals surface area contributed by atoms with Crippen molar-refractivity contribution in [2.45, 2.75) is 19.5 Å². The summed E-state index contributed by atoms with van der Waals surface area (Å²) in [5, 5.41) is 25.1. The molecule has 0 fully saturated rings. The average molecular weight is 244 g/mol. The molecule has 9 nitrogen and oxygen atoms in total. The van der Waals surface area contributed by atoms with Crippen LogP contribution in [0.5, 0.6) is 0 Å².